The molecule has 0 bridgehead atoms. The Morgan fingerprint density at radius 3 is 3.15 bits per heavy atom. The van der Waals surface area contributed by atoms with Gasteiger partial charge in [0.2, 0.25) is 0 Å². The molecule has 1 atom stereocenters. The third-order valence-electron chi connectivity index (χ3n) is 3.93. The number of fused-ring (bicyclic) bond motifs is 3. The molecule has 0 spiro atoms. The van der Waals surface area contributed by atoms with Gasteiger partial charge in [-0.3, -0.25) is 0 Å². The van der Waals surface area contributed by atoms with Crippen LogP contribution in [0.25, 0.3) is 10.9 Å². The highest BCUT2D eigenvalue weighted by molar-refractivity contribution is 9.10. The van der Waals surface area contributed by atoms with Crippen LogP contribution in [0, 0.1) is 0 Å². The molecule has 5 heteroatoms. The van der Waals surface area contributed by atoms with Crippen LogP contribution in [0.1, 0.15) is 30.1 Å². The second-order valence-electron chi connectivity index (χ2n) is 5.18. The zero-order chi connectivity index (χ0) is 13.5. The Balaban J connectivity index is 1.78. The molecule has 0 radical (unpaired) electrons. The summed E-state index contributed by atoms with van der Waals surface area (Å²) in [5, 5.41) is 8.71. The zero-order valence-electron chi connectivity index (χ0n) is 10.8. The van der Waals surface area contributed by atoms with E-state index in [2.05, 4.69) is 49.6 Å². The van der Waals surface area contributed by atoms with Crippen LogP contribution >= 0.6 is 15.9 Å². The van der Waals surface area contributed by atoms with E-state index in [1.165, 1.54) is 28.6 Å². The van der Waals surface area contributed by atoms with Crippen LogP contribution in [0.3, 0.4) is 0 Å². The molecule has 2 aromatic heterocycles. The number of benzene rings is 1. The molecule has 2 heterocycles. The van der Waals surface area contributed by atoms with E-state index in [4.69, 9.17) is 4.52 Å². The van der Waals surface area contributed by atoms with E-state index in [9.17, 15) is 0 Å². The van der Waals surface area contributed by atoms with Gasteiger partial charge in [0.15, 0.2) is 5.82 Å². The van der Waals surface area contributed by atoms with E-state index in [1.54, 1.807) is 6.26 Å². The number of rotatable bonds is 2. The lowest BCUT2D eigenvalue weighted by molar-refractivity contribution is 0.420. The first kappa shape index (κ1) is 12.0. The number of nitrogens with one attached hydrogen (secondary N) is 2. The van der Waals surface area contributed by atoms with E-state index >= 15 is 0 Å². The highest BCUT2D eigenvalue weighted by Gasteiger charge is 2.24. The highest BCUT2D eigenvalue weighted by Crippen LogP contribution is 2.37. The molecule has 1 aromatic carbocycles. The summed E-state index contributed by atoms with van der Waals surface area (Å²) in [6.07, 6.45) is 5.01. The topological polar surface area (TPSA) is 53.9 Å². The lowest BCUT2D eigenvalue weighted by atomic mass is 9.92. The van der Waals surface area contributed by atoms with Crippen molar-refractivity contribution in [2.24, 2.45) is 0 Å². The van der Waals surface area contributed by atoms with Gasteiger partial charge in [-0.05, 0) is 43.0 Å². The SMILES string of the molecule is Brc1ccc2[nH]c3c(c2c1)CCCC3Nc1ccon1. The standard InChI is InChI=1S/C15H14BrN3O/c16-9-4-5-12-11(8-9)10-2-1-3-13(15(10)18-12)17-14-6-7-20-19-14/h4-8,13,18H,1-3H2,(H,17,19). The monoisotopic (exact) mass is 331 g/mol. The molecule has 1 aliphatic rings. The number of halogens is 1. The number of nitrogens with zero attached hydrogens (tertiary/aromatic N) is 1. The smallest absolute Gasteiger partial charge is 0.169 e. The van der Waals surface area contributed by atoms with Gasteiger partial charge in [-0.15, -0.1) is 0 Å². The minimum atomic E-state index is 0.273. The number of hydrogen-bond donors (Lipinski definition) is 2. The highest BCUT2D eigenvalue weighted by atomic mass is 79.9. The van der Waals surface area contributed by atoms with Gasteiger partial charge in [-0.25, -0.2) is 0 Å². The number of aryl methyl sites for hydroxylation is 1. The Morgan fingerprint density at radius 1 is 1.35 bits per heavy atom. The Bertz CT molecular complexity index is 748. The van der Waals surface area contributed by atoms with Crippen LogP contribution in [0.15, 0.2) is 39.5 Å². The van der Waals surface area contributed by atoms with Gasteiger partial charge in [0, 0.05) is 27.1 Å². The van der Waals surface area contributed by atoms with Crippen molar-refractivity contribution in [3.05, 3.63) is 46.3 Å². The van der Waals surface area contributed by atoms with Gasteiger partial charge in [0.25, 0.3) is 0 Å². The fraction of sp³-hybridized carbons (Fsp3) is 0.267. The molecule has 1 aliphatic carbocycles. The van der Waals surface area contributed by atoms with Crippen LogP contribution in [0.4, 0.5) is 5.82 Å². The maximum Gasteiger partial charge on any atom is 0.169 e. The van der Waals surface area contributed by atoms with Gasteiger partial charge in [-0.1, -0.05) is 21.1 Å². The van der Waals surface area contributed by atoms with Crippen molar-refractivity contribution in [1.82, 2.24) is 10.1 Å². The van der Waals surface area contributed by atoms with Crippen LogP contribution in [0.2, 0.25) is 0 Å². The van der Waals surface area contributed by atoms with E-state index < -0.39 is 0 Å². The van der Waals surface area contributed by atoms with Crippen LogP contribution in [0.5, 0.6) is 0 Å². The second kappa shape index (κ2) is 4.66. The number of H-pyrrole nitrogens is 1. The number of aromatic amines is 1. The first-order chi connectivity index (χ1) is 9.81. The summed E-state index contributed by atoms with van der Waals surface area (Å²) in [6.45, 7) is 0. The maximum absolute atomic E-state index is 4.89. The molecule has 0 saturated heterocycles. The van der Waals surface area contributed by atoms with Crippen molar-refractivity contribution >= 4 is 32.7 Å². The predicted octanol–water partition coefficient (Wildman–Crippen LogP) is 4.41. The summed E-state index contributed by atoms with van der Waals surface area (Å²) < 4.78 is 6.01. The fourth-order valence-electron chi connectivity index (χ4n) is 3.04. The fourth-order valence-corrected chi connectivity index (χ4v) is 3.41. The van der Waals surface area contributed by atoms with Gasteiger partial charge in [-0.2, -0.15) is 0 Å². The van der Waals surface area contributed by atoms with Crippen molar-refractivity contribution in [2.45, 2.75) is 25.3 Å². The average molecular weight is 332 g/mol. The molecular formula is C15H14BrN3O. The average Bonchev–Trinajstić information content (AvgIpc) is 3.07. The first-order valence-corrected chi connectivity index (χ1v) is 7.57. The van der Waals surface area contributed by atoms with E-state index in [1.807, 2.05) is 6.07 Å². The predicted molar refractivity (Wildman–Crippen MR) is 81.8 cm³/mol. The molecule has 3 aromatic rings. The van der Waals surface area contributed by atoms with Gasteiger partial charge in [0.05, 0.1) is 6.04 Å². The summed E-state index contributed by atoms with van der Waals surface area (Å²) in [4.78, 5) is 3.56. The summed E-state index contributed by atoms with van der Waals surface area (Å²) in [7, 11) is 0. The van der Waals surface area contributed by atoms with Crippen molar-refractivity contribution in [3.8, 4) is 0 Å². The molecule has 0 aliphatic heterocycles. The van der Waals surface area contributed by atoms with Gasteiger partial charge in [0.1, 0.15) is 6.26 Å². The molecule has 20 heavy (non-hydrogen) atoms. The molecule has 4 rings (SSSR count). The molecule has 1 unspecified atom stereocenters. The minimum absolute atomic E-state index is 0.273. The molecule has 0 saturated carbocycles. The lowest BCUT2D eigenvalue weighted by Gasteiger charge is -2.23. The second-order valence-corrected chi connectivity index (χ2v) is 6.10. The maximum atomic E-state index is 4.89. The number of hydrogen-bond acceptors (Lipinski definition) is 3. The summed E-state index contributed by atoms with van der Waals surface area (Å²) >= 11 is 3.56. The molecule has 4 nitrogen and oxygen atoms in total. The minimum Gasteiger partial charge on any atom is -0.363 e. The van der Waals surface area contributed by atoms with Crippen LogP contribution in [-0.2, 0) is 6.42 Å². The quantitative estimate of drug-likeness (QED) is 0.731. The molecular weight excluding hydrogens is 318 g/mol. The third-order valence-corrected chi connectivity index (χ3v) is 4.42. The van der Waals surface area contributed by atoms with Crippen LogP contribution < -0.4 is 5.32 Å². The molecule has 102 valence electrons. The molecule has 0 fully saturated rings. The van der Waals surface area contributed by atoms with Crippen molar-refractivity contribution in [1.29, 1.82) is 0 Å². The van der Waals surface area contributed by atoms with Crippen molar-refractivity contribution < 1.29 is 4.52 Å². The molecule has 2 N–H and O–H groups in total. The van der Waals surface area contributed by atoms with E-state index in [-0.39, 0.29) is 6.04 Å². The normalized spacial score (nSPS) is 18.1. The Kier molecular flexibility index (Phi) is 2.80. The summed E-state index contributed by atoms with van der Waals surface area (Å²) in [5.74, 6) is 0.794. The number of anilines is 1. The van der Waals surface area contributed by atoms with Crippen molar-refractivity contribution in [3.63, 3.8) is 0 Å². The lowest BCUT2D eigenvalue weighted by Crippen LogP contribution is -2.17. The van der Waals surface area contributed by atoms with E-state index in [0.717, 1.165) is 23.1 Å². The van der Waals surface area contributed by atoms with Crippen molar-refractivity contribution in [2.75, 3.05) is 5.32 Å². The van der Waals surface area contributed by atoms with Gasteiger partial charge >= 0.3 is 0 Å². The van der Waals surface area contributed by atoms with E-state index in [0.29, 0.717) is 0 Å². The first-order valence-electron chi connectivity index (χ1n) is 6.78. The van der Waals surface area contributed by atoms with Crippen LogP contribution in [-0.4, -0.2) is 10.1 Å². The molecule has 0 amide bonds. The Morgan fingerprint density at radius 2 is 2.30 bits per heavy atom. The number of aromatic nitrogens is 2. The third kappa shape index (κ3) is 1.93. The van der Waals surface area contributed by atoms with Gasteiger partial charge < -0.3 is 14.8 Å². The summed E-state index contributed by atoms with van der Waals surface area (Å²) in [6, 6.07) is 8.53. The summed E-state index contributed by atoms with van der Waals surface area (Å²) in [5.41, 5.74) is 3.91. The largest absolute Gasteiger partial charge is 0.363 e. The zero-order valence-corrected chi connectivity index (χ0v) is 12.4. The Hall–Kier alpha value is -1.75. The Labute approximate surface area is 124 Å².